The third kappa shape index (κ3) is 3.85. The fraction of sp³-hybridized carbons (Fsp3) is 0. The highest BCUT2D eigenvalue weighted by molar-refractivity contribution is 7.80. The van der Waals surface area contributed by atoms with Gasteiger partial charge in [-0.1, -0.05) is 12.1 Å². The van der Waals surface area contributed by atoms with Crippen LogP contribution in [0.4, 0.5) is 22.7 Å². The van der Waals surface area contributed by atoms with Crippen LogP contribution in [0.25, 0.3) is 0 Å². The number of nitrogens with two attached hydrogens (primary N) is 1. The fourth-order valence-electron chi connectivity index (χ4n) is 1.58. The Bertz CT molecular complexity index is 754. The molecule has 0 radical (unpaired) electrons. The maximum Gasteiger partial charge on any atom is 0.259 e. The molecule has 0 amide bonds. The van der Waals surface area contributed by atoms with Crippen molar-refractivity contribution in [3.63, 3.8) is 0 Å². The molecule has 2 rings (SSSR count). The molecule has 0 bridgehead atoms. The second-order valence-corrected chi connectivity index (χ2v) is 4.66. The van der Waals surface area contributed by atoms with E-state index >= 15 is 0 Å². The predicted molar refractivity (Wildman–Crippen MR) is 80.6 cm³/mol. The molecule has 2 aromatic rings. The lowest BCUT2D eigenvalue weighted by molar-refractivity contribution is 0.570. The first-order chi connectivity index (χ1) is 10.1. The molecule has 2 aromatic carbocycles. The third-order valence-electron chi connectivity index (χ3n) is 2.51. The Balaban J connectivity index is 2.37. The molecule has 0 aliphatic carbocycles. The Morgan fingerprint density at radius 2 is 1.90 bits per heavy atom. The van der Waals surface area contributed by atoms with Crippen molar-refractivity contribution in [2.45, 2.75) is 0 Å². The summed E-state index contributed by atoms with van der Waals surface area (Å²) < 4.78 is 22.1. The molecule has 1 unspecified atom stereocenters. The van der Waals surface area contributed by atoms with E-state index in [0.717, 1.165) is 0 Å². The normalized spacial score (nSPS) is 12.0. The Morgan fingerprint density at radius 3 is 2.62 bits per heavy atom. The van der Waals surface area contributed by atoms with Crippen LogP contribution in [-0.2, 0) is 11.3 Å². The number of benzene rings is 2. The molecular formula is C13H11N5O2S. The van der Waals surface area contributed by atoms with E-state index in [9.17, 15) is 4.21 Å². The van der Waals surface area contributed by atoms with E-state index in [2.05, 4.69) is 15.0 Å². The van der Waals surface area contributed by atoms with Crippen molar-refractivity contribution >= 4 is 34.0 Å². The van der Waals surface area contributed by atoms with E-state index in [0.29, 0.717) is 22.6 Å². The summed E-state index contributed by atoms with van der Waals surface area (Å²) in [6, 6.07) is 13.4. The highest BCUT2D eigenvalue weighted by Gasteiger charge is 2.05. The van der Waals surface area contributed by atoms with Crippen molar-refractivity contribution in [3.05, 3.63) is 48.0 Å². The Labute approximate surface area is 123 Å². The number of hydrogen-bond acceptors (Lipinski definition) is 5. The van der Waals surface area contributed by atoms with Crippen LogP contribution in [-0.4, -0.2) is 8.76 Å². The third-order valence-corrected chi connectivity index (χ3v) is 2.90. The zero-order valence-corrected chi connectivity index (χ0v) is 11.5. The van der Waals surface area contributed by atoms with Crippen LogP contribution in [0.2, 0.25) is 0 Å². The van der Waals surface area contributed by atoms with Gasteiger partial charge in [-0.25, -0.2) is 4.21 Å². The van der Waals surface area contributed by atoms with Crippen molar-refractivity contribution in [1.29, 1.82) is 5.26 Å². The number of hydrogen-bond donors (Lipinski definition) is 3. The quantitative estimate of drug-likeness (QED) is 0.456. The number of nitrogens with one attached hydrogen (secondary N) is 1. The van der Waals surface area contributed by atoms with Gasteiger partial charge in [0.2, 0.25) is 0 Å². The van der Waals surface area contributed by atoms with E-state index in [1.165, 1.54) is 6.07 Å². The van der Waals surface area contributed by atoms with Crippen LogP contribution in [0, 0.1) is 11.3 Å². The maximum atomic E-state index is 10.9. The fourth-order valence-corrected chi connectivity index (χ4v) is 1.93. The van der Waals surface area contributed by atoms with E-state index in [1.54, 1.807) is 36.4 Å². The molecule has 7 nitrogen and oxygen atoms in total. The zero-order chi connectivity index (χ0) is 15.2. The zero-order valence-electron chi connectivity index (χ0n) is 10.7. The summed E-state index contributed by atoms with van der Waals surface area (Å²) in [7, 11) is 0. The van der Waals surface area contributed by atoms with Crippen LogP contribution in [0.5, 0.6) is 0 Å². The molecule has 4 N–H and O–H groups in total. The second kappa shape index (κ2) is 6.60. The van der Waals surface area contributed by atoms with Crippen molar-refractivity contribution in [2.75, 3.05) is 10.5 Å². The Hall–Kier alpha value is -2.76. The molecule has 106 valence electrons. The SMILES string of the molecule is N#Cc1ccccc1N=Nc1ccc(N)cc1NS(=O)O. The molecule has 0 heterocycles. The average Bonchev–Trinajstić information content (AvgIpc) is 2.46. The summed E-state index contributed by atoms with van der Waals surface area (Å²) in [5.74, 6) is 0. The minimum atomic E-state index is -2.25. The van der Waals surface area contributed by atoms with Crippen molar-refractivity contribution in [2.24, 2.45) is 10.2 Å². The van der Waals surface area contributed by atoms with E-state index in [-0.39, 0.29) is 5.69 Å². The highest BCUT2D eigenvalue weighted by atomic mass is 32.2. The minimum Gasteiger partial charge on any atom is -0.399 e. The smallest absolute Gasteiger partial charge is 0.259 e. The molecule has 0 aromatic heterocycles. The lowest BCUT2D eigenvalue weighted by Gasteiger charge is -2.05. The summed E-state index contributed by atoms with van der Waals surface area (Å²) in [5.41, 5.74) is 7.44. The van der Waals surface area contributed by atoms with Crippen LogP contribution in [0.1, 0.15) is 5.56 Å². The first-order valence-corrected chi connectivity index (χ1v) is 6.88. The predicted octanol–water partition coefficient (Wildman–Crippen LogP) is 3.10. The van der Waals surface area contributed by atoms with Crippen LogP contribution < -0.4 is 10.5 Å². The maximum absolute atomic E-state index is 10.9. The molecule has 0 saturated carbocycles. The van der Waals surface area contributed by atoms with Crippen molar-refractivity contribution < 1.29 is 8.76 Å². The topological polar surface area (TPSA) is 124 Å². The van der Waals surface area contributed by atoms with Crippen molar-refractivity contribution in [1.82, 2.24) is 0 Å². The molecule has 0 spiro atoms. The number of azo groups is 1. The molecular weight excluding hydrogens is 290 g/mol. The number of nitriles is 1. The van der Waals surface area contributed by atoms with Gasteiger partial charge in [0.25, 0.3) is 11.3 Å². The number of anilines is 2. The Morgan fingerprint density at radius 1 is 1.19 bits per heavy atom. The monoisotopic (exact) mass is 301 g/mol. The molecule has 0 fully saturated rings. The summed E-state index contributed by atoms with van der Waals surface area (Å²) >= 11 is -2.25. The number of nitrogen functional groups attached to an aromatic ring is 1. The largest absolute Gasteiger partial charge is 0.399 e. The van der Waals surface area contributed by atoms with Gasteiger partial charge in [0.1, 0.15) is 17.4 Å². The first kappa shape index (κ1) is 14.6. The summed E-state index contributed by atoms with van der Waals surface area (Å²) in [6.45, 7) is 0. The summed E-state index contributed by atoms with van der Waals surface area (Å²) in [5, 5.41) is 16.9. The average molecular weight is 301 g/mol. The molecule has 0 aliphatic heterocycles. The molecule has 1 atom stereocenters. The standard InChI is InChI=1S/C13H11N5O2S/c14-8-9-3-1-2-4-11(9)16-17-12-6-5-10(15)7-13(12)18-21(19)20/h1-7,18H,15H2,(H,19,20). The van der Waals surface area contributed by atoms with Gasteiger partial charge < -0.3 is 5.73 Å². The van der Waals surface area contributed by atoms with Crippen molar-refractivity contribution in [3.8, 4) is 6.07 Å². The van der Waals surface area contributed by atoms with Gasteiger partial charge in [0, 0.05) is 5.69 Å². The van der Waals surface area contributed by atoms with E-state index < -0.39 is 11.3 Å². The van der Waals surface area contributed by atoms with Crippen LogP contribution in [0.15, 0.2) is 52.7 Å². The summed E-state index contributed by atoms with van der Waals surface area (Å²) in [4.78, 5) is 0. The number of nitrogens with zero attached hydrogens (tertiary/aromatic N) is 3. The van der Waals surface area contributed by atoms with Crippen LogP contribution in [0.3, 0.4) is 0 Å². The van der Waals surface area contributed by atoms with Gasteiger partial charge in [0.15, 0.2) is 0 Å². The molecule has 21 heavy (non-hydrogen) atoms. The lowest BCUT2D eigenvalue weighted by Crippen LogP contribution is -2.02. The van der Waals surface area contributed by atoms with Gasteiger partial charge >= 0.3 is 0 Å². The van der Waals surface area contributed by atoms with E-state index in [4.69, 9.17) is 15.5 Å². The minimum absolute atomic E-state index is 0.272. The Kier molecular flexibility index (Phi) is 4.61. The molecule has 0 saturated heterocycles. The van der Waals surface area contributed by atoms with Gasteiger partial charge in [-0.05, 0) is 30.3 Å². The summed E-state index contributed by atoms with van der Waals surface area (Å²) in [6.07, 6.45) is 0. The van der Waals surface area contributed by atoms with E-state index in [1.807, 2.05) is 6.07 Å². The second-order valence-electron chi connectivity index (χ2n) is 3.96. The molecule has 8 heteroatoms. The highest BCUT2D eigenvalue weighted by Crippen LogP contribution is 2.30. The van der Waals surface area contributed by atoms with Gasteiger partial charge in [-0.15, -0.1) is 10.2 Å². The van der Waals surface area contributed by atoms with Gasteiger partial charge in [-0.2, -0.15) is 5.26 Å². The lowest BCUT2D eigenvalue weighted by atomic mass is 10.2. The van der Waals surface area contributed by atoms with Crippen LogP contribution >= 0.6 is 0 Å². The molecule has 0 aliphatic rings. The number of rotatable bonds is 4. The van der Waals surface area contributed by atoms with Gasteiger partial charge in [0.05, 0.1) is 11.3 Å². The van der Waals surface area contributed by atoms with Gasteiger partial charge in [-0.3, -0.25) is 9.27 Å². The first-order valence-electron chi connectivity index (χ1n) is 5.78.